The van der Waals surface area contributed by atoms with E-state index < -0.39 is 5.92 Å². The Balaban J connectivity index is 1.90. The average Bonchev–Trinajstić information content (AvgIpc) is 2.06. The van der Waals surface area contributed by atoms with E-state index in [0.29, 0.717) is 5.75 Å². The molecule has 1 fully saturated rings. The van der Waals surface area contributed by atoms with Crippen molar-refractivity contribution in [3.63, 3.8) is 0 Å². The molecule has 0 spiro atoms. The van der Waals surface area contributed by atoms with E-state index in [1.54, 1.807) is 0 Å². The van der Waals surface area contributed by atoms with Crippen LogP contribution in [0.1, 0.15) is 18.4 Å². The maximum atomic E-state index is 12.5. The lowest BCUT2D eigenvalue weighted by Crippen LogP contribution is -2.43. The predicted octanol–water partition coefficient (Wildman–Crippen LogP) is 3.17. The summed E-state index contributed by atoms with van der Waals surface area (Å²) in [6, 6.07) is 7.44. The third-order valence-electron chi connectivity index (χ3n) is 2.38. The van der Waals surface area contributed by atoms with Crippen LogP contribution in [-0.4, -0.2) is 12.0 Å². The molecule has 1 saturated carbocycles. The van der Waals surface area contributed by atoms with Gasteiger partial charge in [0.1, 0.15) is 11.9 Å². The lowest BCUT2D eigenvalue weighted by Gasteiger charge is -2.34. The van der Waals surface area contributed by atoms with Gasteiger partial charge in [-0.2, -0.15) is 0 Å². The molecule has 1 aliphatic carbocycles. The first-order valence-electron chi connectivity index (χ1n) is 4.66. The van der Waals surface area contributed by atoms with Crippen LogP contribution in [-0.2, 0) is 0 Å². The van der Waals surface area contributed by atoms with Crippen molar-refractivity contribution in [3.05, 3.63) is 29.8 Å². The fourth-order valence-corrected chi connectivity index (χ4v) is 1.50. The zero-order chi connectivity index (χ0) is 10.2. The number of alkyl halides is 2. The molecule has 1 aliphatic rings. The van der Waals surface area contributed by atoms with Crippen LogP contribution in [0.4, 0.5) is 8.78 Å². The lowest BCUT2D eigenvalue weighted by atomic mass is 9.91. The van der Waals surface area contributed by atoms with Gasteiger partial charge < -0.3 is 4.74 Å². The topological polar surface area (TPSA) is 9.23 Å². The second-order valence-corrected chi connectivity index (χ2v) is 3.82. The molecular formula is C11H12F2O. The standard InChI is InChI=1S/C11H12F2O/c1-8-2-4-9(5-3-8)14-10-6-11(12,13)7-10/h2-5,10H,6-7H2,1H3. The van der Waals surface area contributed by atoms with Gasteiger partial charge in [-0.3, -0.25) is 0 Å². The van der Waals surface area contributed by atoms with Crippen LogP contribution in [0.5, 0.6) is 5.75 Å². The van der Waals surface area contributed by atoms with E-state index in [2.05, 4.69) is 0 Å². The van der Waals surface area contributed by atoms with Crippen LogP contribution in [0.15, 0.2) is 24.3 Å². The summed E-state index contributed by atoms with van der Waals surface area (Å²) in [7, 11) is 0. The Morgan fingerprint density at radius 2 is 1.79 bits per heavy atom. The zero-order valence-corrected chi connectivity index (χ0v) is 7.97. The van der Waals surface area contributed by atoms with Gasteiger partial charge in [-0.05, 0) is 19.1 Å². The van der Waals surface area contributed by atoms with Gasteiger partial charge in [0.2, 0.25) is 0 Å². The first kappa shape index (κ1) is 9.44. The molecule has 1 nitrogen and oxygen atoms in total. The molecule has 0 atom stereocenters. The van der Waals surface area contributed by atoms with Crippen molar-refractivity contribution < 1.29 is 13.5 Å². The molecule has 2 rings (SSSR count). The van der Waals surface area contributed by atoms with Crippen molar-refractivity contribution >= 4 is 0 Å². The van der Waals surface area contributed by atoms with Crippen molar-refractivity contribution in [3.8, 4) is 5.75 Å². The van der Waals surface area contributed by atoms with Crippen molar-refractivity contribution in [2.75, 3.05) is 0 Å². The molecule has 3 heteroatoms. The summed E-state index contributed by atoms with van der Waals surface area (Å²) in [5, 5.41) is 0. The summed E-state index contributed by atoms with van der Waals surface area (Å²) < 4.78 is 30.3. The number of rotatable bonds is 2. The molecule has 76 valence electrons. The van der Waals surface area contributed by atoms with Crippen LogP contribution in [0, 0.1) is 6.92 Å². The molecule has 1 aromatic rings. The van der Waals surface area contributed by atoms with Crippen molar-refractivity contribution in [2.45, 2.75) is 31.8 Å². The Morgan fingerprint density at radius 3 is 2.29 bits per heavy atom. The Morgan fingerprint density at radius 1 is 1.21 bits per heavy atom. The van der Waals surface area contributed by atoms with Gasteiger partial charge in [0, 0.05) is 12.8 Å². The van der Waals surface area contributed by atoms with E-state index in [-0.39, 0.29) is 18.9 Å². The molecule has 0 N–H and O–H groups in total. The molecule has 0 heterocycles. The van der Waals surface area contributed by atoms with E-state index in [0.717, 1.165) is 5.56 Å². The summed E-state index contributed by atoms with van der Waals surface area (Å²) in [5.41, 5.74) is 1.14. The van der Waals surface area contributed by atoms with Gasteiger partial charge in [-0.15, -0.1) is 0 Å². The summed E-state index contributed by atoms with van der Waals surface area (Å²) in [5.74, 6) is -1.83. The van der Waals surface area contributed by atoms with Gasteiger partial charge in [-0.25, -0.2) is 8.78 Å². The maximum Gasteiger partial charge on any atom is 0.255 e. The third kappa shape index (κ3) is 2.03. The Bertz CT molecular complexity index is 311. The maximum absolute atomic E-state index is 12.5. The second-order valence-electron chi connectivity index (χ2n) is 3.82. The summed E-state index contributed by atoms with van der Waals surface area (Å²) >= 11 is 0. The van der Waals surface area contributed by atoms with Gasteiger partial charge in [0.15, 0.2) is 0 Å². The minimum Gasteiger partial charge on any atom is -0.490 e. The number of ether oxygens (including phenoxy) is 1. The van der Waals surface area contributed by atoms with Crippen LogP contribution in [0.3, 0.4) is 0 Å². The highest BCUT2D eigenvalue weighted by atomic mass is 19.3. The zero-order valence-electron chi connectivity index (χ0n) is 7.97. The number of halogens is 2. The number of hydrogen-bond acceptors (Lipinski definition) is 1. The molecule has 14 heavy (non-hydrogen) atoms. The minimum atomic E-state index is -2.50. The molecular weight excluding hydrogens is 186 g/mol. The minimum absolute atomic E-state index is 0.152. The Hall–Kier alpha value is -1.12. The highest BCUT2D eigenvalue weighted by Crippen LogP contribution is 2.39. The quantitative estimate of drug-likeness (QED) is 0.709. The van der Waals surface area contributed by atoms with Gasteiger partial charge in [-0.1, -0.05) is 17.7 Å². The number of benzene rings is 1. The first-order chi connectivity index (χ1) is 6.55. The SMILES string of the molecule is Cc1ccc(OC2CC(F)(F)C2)cc1. The van der Waals surface area contributed by atoms with Gasteiger partial charge in [0.05, 0.1) is 0 Å². The van der Waals surface area contributed by atoms with E-state index >= 15 is 0 Å². The van der Waals surface area contributed by atoms with Crippen molar-refractivity contribution in [1.82, 2.24) is 0 Å². The van der Waals surface area contributed by atoms with Crippen LogP contribution in [0.2, 0.25) is 0 Å². The Labute approximate surface area is 81.7 Å². The molecule has 1 aromatic carbocycles. The summed E-state index contributed by atoms with van der Waals surface area (Å²) in [6.07, 6.45) is -0.616. The largest absolute Gasteiger partial charge is 0.490 e. The number of hydrogen-bond donors (Lipinski definition) is 0. The lowest BCUT2D eigenvalue weighted by molar-refractivity contribution is -0.134. The summed E-state index contributed by atoms with van der Waals surface area (Å²) in [6.45, 7) is 1.97. The van der Waals surface area contributed by atoms with E-state index in [1.165, 1.54) is 0 Å². The average molecular weight is 198 g/mol. The highest BCUT2D eigenvalue weighted by molar-refractivity contribution is 5.26. The highest BCUT2D eigenvalue weighted by Gasteiger charge is 2.46. The summed E-state index contributed by atoms with van der Waals surface area (Å²) in [4.78, 5) is 0. The predicted molar refractivity (Wildman–Crippen MR) is 49.8 cm³/mol. The smallest absolute Gasteiger partial charge is 0.255 e. The molecule has 0 radical (unpaired) electrons. The molecule has 0 bridgehead atoms. The fraction of sp³-hybridized carbons (Fsp3) is 0.455. The first-order valence-corrected chi connectivity index (χ1v) is 4.66. The van der Waals surface area contributed by atoms with Crippen LogP contribution >= 0.6 is 0 Å². The molecule has 0 amide bonds. The van der Waals surface area contributed by atoms with Crippen LogP contribution in [0.25, 0.3) is 0 Å². The fourth-order valence-electron chi connectivity index (χ4n) is 1.50. The van der Waals surface area contributed by atoms with E-state index in [9.17, 15) is 8.78 Å². The molecule has 0 aliphatic heterocycles. The number of aryl methyl sites for hydroxylation is 1. The molecule has 0 saturated heterocycles. The second kappa shape index (κ2) is 3.23. The van der Waals surface area contributed by atoms with Gasteiger partial charge in [0.25, 0.3) is 5.92 Å². The third-order valence-corrected chi connectivity index (χ3v) is 2.38. The van der Waals surface area contributed by atoms with Crippen molar-refractivity contribution in [1.29, 1.82) is 0 Å². The Kier molecular flexibility index (Phi) is 2.17. The monoisotopic (exact) mass is 198 g/mol. The van der Waals surface area contributed by atoms with E-state index in [4.69, 9.17) is 4.74 Å². The van der Waals surface area contributed by atoms with Crippen molar-refractivity contribution in [2.24, 2.45) is 0 Å². The molecule has 0 unspecified atom stereocenters. The van der Waals surface area contributed by atoms with E-state index in [1.807, 2.05) is 31.2 Å². The molecule has 0 aromatic heterocycles. The van der Waals surface area contributed by atoms with Crippen LogP contribution < -0.4 is 4.74 Å². The normalized spacial score (nSPS) is 20.2. The van der Waals surface area contributed by atoms with Gasteiger partial charge >= 0.3 is 0 Å².